The Kier molecular flexibility index (Phi) is 2.40. The smallest absolute Gasteiger partial charge is 0.266 e. The molecule has 0 N–H and O–H groups in total. The highest BCUT2D eigenvalue weighted by Crippen LogP contribution is 2.18. The molecule has 0 atom stereocenters. The number of hydrogen-bond acceptors (Lipinski definition) is 2. The maximum Gasteiger partial charge on any atom is 0.288 e. The van der Waals surface area contributed by atoms with E-state index in [1.54, 1.807) is 18.2 Å². The number of isocyanates is 1. The number of rotatable bonds is 1. The molecule has 0 saturated carbocycles. The summed E-state index contributed by atoms with van der Waals surface area (Å²) in [6, 6.07) is 13.6. The van der Waals surface area contributed by atoms with Crippen molar-refractivity contribution in [2.45, 2.75) is 0 Å². The van der Waals surface area contributed by atoms with E-state index < -0.39 is 5.91 Å². The lowest BCUT2D eigenvalue weighted by Gasteiger charge is -2.00. The fourth-order valence-corrected chi connectivity index (χ4v) is 1.43. The first kappa shape index (κ1) is 9.31. The molecule has 0 aromatic heterocycles. The molecule has 3 nitrogen and oxygen atoms in total. The molecule has 1 radical (unpaired) electrons. The van der Waals surface area contributed by atoms with Crippen LogP contribution in [-0.4, -0.2) is 12.0 Å². The normalized spacial score (nSPS) is 9.60. The van der Waals surface area contributed by atoms with Gasteiger partial charge in [0.15, 0.2) is 0 Å². The van der Waals surface area contributed by atoms with Gasteiger partial charge in [0.1, 0.15) is 0 Å². The van der Waals surface area contributed by atoms with Gasteiger partial charge in [-0.15, -0.1) is 4.99 Å². The molecule has 0 fully saturated rings. The topological polar surface area (TPSA) is 46.5 Å². The second kappa shape index (κ2) is 3.86. The summed E-state index contributed by atoms with van der Waals surface area (Å²) in [4.78, 5) is 24.5. The van der Waals surface area contributed by atoms with Crippen molar-refractivity contribution in [1.82, 2.24) is 0 Å². The Bertz CT molecular complexity index is 563. The second-order valence-corrected chi connectivity index (χ2v) is 2.95. The molecule has 0 spiro atoms. The van der Waals surface area contributed by atoms with Gasteiger partial charge in [-0.05, 0) is 17.5 Å². The predicted octanol–water partition coefficient (Wildman–Crippen LogP) is 2.12. The van der Waals surface area contributed by atoms with Crippen LogP contribution in [0.1, 0.15) is 10.4 Å². The van der Waals surface area contributed by atoms with Crippen molar-refractivity contribution in [2.24, 2.45) is 4.99 Å². The Balaban J connectivity index is 2.71. The van der Waals surface area contributed by atoms with E-state index in [2.05, 4.69) is 11.1 Å². The van der Waals surface area contributed by atoms with E-state index in [9.17, 15) is 9.59 Å². The molecule has 2 aromatic carbocycles. The highest BCUT2D eigenvalue weighted by Gasteiger charge is 2.07. The van der Waals surface area contributed by atoms with Crippen molar-refractivity contribution in [1.29, 1.82) is 0 Å². The molecule has 0 unspecified atom stereocenters. The van der Waals surface area contributed by atoms with Crippen LogP contribution >= 0.6 is 0 Å². The third-order valence-electron chi connectivity index (χ3n) is 2.07. The molecular weight excluding hydrogens is 190 g/mol. The Labute approximate surface area is 86.1 Å². The maximum absolute atomic E-state index is 11.4. The van der Waals surface area contributed by atoms with Gasteiger partial charge in [-0.2, -0.15) is 0 Å². The first-order valence-corrected chi connectivity index (χ1v) is 4.34. The molecule has 0 aliphatic rings. The van der Waals surface area contributed by atoms with Gasteiger partial charge in [-0.25, -0.2) is 4.79 Å². The van der Waals surface area contributed by atoms with E-state index in [0.29, 0.717) is 10.9 Å². The lowest BCUT2D eigenvalue weighted by atomic mass is 10.0. The van der Waals surface area contributed by atoms with Crippen LogP contribution in [-0.2, 0) is 4.79 Å². The Hall–Kier alpha value is -2.25. The van der Waals surface area contributed by atoms with Gasteiger partial charge in [-0.3, -0.25) is 4.79 Å². The zero-order valence-electron chi connectivity index (χ0n) is 7.73. The SMILES string of the molecule is O=C=NC(=O)c1cccc2ccc[c]c12. The molecule has 0 aliphatic heterocycles. The minimum absolute atomic E-state index is 0.372. The van der Waals surface area contributed by atoms with Gasteiger partial charge in [0.25, 0.3) is 5.91 Å². The van der Waals surface area contributed by atoms with Crippen LogP contribution < -0.4 is 0 Å². The Morgan fingerprint density at radius 3 is 2.87 bits per heavy atom. The van der Waals surface area contributed by atoms with E-state index in [4.69, 9.17) is 0 Å². The van der Waals surface area contributed by atoms with Gasteiger partial charge < -0.3 is 0 Å². The molecule has 15 heavy (non-hydrogen) atoms. The molecule has 1 amide bonds. The predicted molar refractivity (Wildman–Crippen MR) is 55.2 cm³/mol. The van der Waals surface area contributed by atoms with Crippen LogP contribution in [0.4, 0.5) is 0 Å². The summed E-state index contributed by atoms with van der Waals surface area (Å²) in [5, 5.41) is 1.56. The minimum Gasteiger partial charge on any atom is -0.266 e. The first-order valence-electron chi connectivity index (χ1n) is 4.34. The Morgan fingerprint density at radius 2 is 2.07 bits per heavy atom. The monoisotopic (exact) mass is 196 g/mol. The van der Waals surface area contributed by atoms with Crippen LogP contribution in [0.25, 0.3) is 10.8 Å². The third kappa shape index (κ3) is 1.68. The number of benzene rings is 2. The average molecular weight is 196 g/mol. The summed E-state index contributed by atoms with van der Waals surface area (Å²) in [5.41, 5.74) is 0.372. The highest BCUT2D eigenvalue weighted by atomic mass is 16.2. The van der Waals surface area contributed by atoms with E-state index in [1.807, 2.05) is 18.2 Å². The summed E-state index contributed by atoms with van der Waals surface area (Å²) >= 11 is 0. The van der Waals surface area contributed by atoms with Crippen LogP contribution in [0.2, 0.25) is 0 Å². The number of carbonyl (C=O) groups excluding carboxylic acids is 2. The van der Waals surface area contributed by atoms with Gasteiger partial charge in [0.05, 0.1) is 5.56 Å². The summed E-state index contributed by atoms with van der Waals surface area (Å²) in [6.07, 6.45) is 1.24. The van der Waals surface area contributed by atoms with E-state index in [0.717, 1.165) is 5.39 Å². The van der Waals surface area contributed by atoms with Gasteiger partial charge in [-0.1, -0.05) is 30.3 Å². The molecular formula is C12H6NO2. The largest absolute Gasteiger partial charge is 0.288 e. The number of hydrogen-bond donors (Lipinski definition) is 0. The quantitative estimate of drug-likeness (QED) is 0.518. The number of carbonyl (C=O) groups is 1. The number of amides is 1. The summed E-state index contributed by atoms with van der Waals surface area (Å²) in [6.45, 7) is 0. The lowest BCUT2D eigenvalue weighted by molar-refractivity contribution is 0.100. The molecule has 71 valence electrons. The van der Waals surface area contributed by atoms with Crippen LogP contribution in [0.15, 0.2) is 41.4 Å². The van der Waals surface area contributed by atoms with Crippen molar-refractivity contribution in [3.63, 3.8) is 0 Å². The third-order valence-corrected chi connectivity index (χ3v) is 2.07. The fraction of sp³-hybridized carbons (Fsp3) is 0. The van der Waals surface area contributed by atoms with Gasteiger partial charge >= 0.3 is 0 Å². The van der Waals surface area contributed by atoms with E-state index in [1.165, 1.54) is 6.08 Å². The van der Waals surface area contributed by atoms with Gasteiger partial charge in [0, 0.05) is 5.39 Å². The summed E-state index contributed by atoms with van der Waals surface area (Å²) in [5.74, 6) is -0.585. The number of aliphatic imine (C=N–C) groups is 1. The fourth-order valence-electron chi connectivity index (χ4n) is 1.43. The minimum atomic E-state index is -0.585. The summed E-state index contributed by atoms with van der Waals surface area (Å²) < 4.78 is 0. The first-order chi connectivity index (χ1) is 7.33. The lowest BCUT2D eigenvalue weighted by Crippen LogP contribution is -1.95. The zero-order chi connectivity index (χ0) is 10.7. The number of fused-ring (bicyclic) bond motifs is 1. The van der Waals surface area contributed by atoms with Crippen molar-refractivity contribution < 1.29 is 9.59 Å². The van der Waals surface area contributed by atoms with Crippen molar-refractivity contribution >= 4 is 22.8 Å². The van der Waals surface area contributed by atoms with Crippen molar-refractivity contribution in [3.05, 3.63) is 48.0 Å². The van der Waals surface area contributed by atoms with Crippen molar-refractivity contribution in [2.75, 3.05) is 0 Å². The molecule has 3 heteroatoms. The molecule has 2 aromatic rings. The maximum atomic E-state index is 11.4. The summed E-state index contributed by atoms with van der Waals surface area (Å²) in [7, 11) is 0. The highest BCUT2D eigenvalue weighted by molar-refractivity contribution is 6.08. The number of nitrogens with zero attached hydrogens (tertiary/aromatic N) is 1. The Morgan fingerprint density at radius 1 is 1.27 bits per heavy atom. The van der Waals surface area contributed by atoms with Crippen molar-refractivity contribution in [3.8, 4) is 0 Å². The molecule has 0 saturated heterocycles. The van der Waals surface area contributed by atoms with Crippen LogP contribution in [0, 0.1) is 6.07 Å². The zero-order valence-corrected chi connectivity index (χ0v) is 7.73. The van der Waals surface area contributed by atoms with E-state index in [-0.39, 0.29) is 0 Å². The van der Waals surface area contributed by atoms with Gasteiger partial charge in [0.2, 0.25) is 6.08 Å². The molecule has 0 bridgehead atoms. The molecule has 0 heterocycles. The van der Waals surface area contributed by atoms with Crippen LogP contribution in [0.5, 0.6) is 0 Å². The second-order valence-electron chi connectivity index (χ2n) is 2.95. The molecule has 0 aliphatic carbocycles. The standard InChI is InChI=1S/C12H6NO2/c14-8-13-12(15)11-7-3-5-9-4-1-2-6-10(9)11/h1-5,7H. The average Bonchev–Trinajstić information content (AvgIpc) is 2.28. The van der Waals surface area contributed by atoms with Crippen LogP contribution in [0.3, 0.4) is 0 Å². The van der Waals surface area contributed by atoms with E-state index >= 15 is 0 Å². The molecule has 2 rings (SSSR count).